The van der Waals surface area contributed by atoms with Crippen molar-refractivity contribution in [2.45, 2.75) is 32.9 Å². The van der Waals surface area contributed by atoms with Crippen molar-refractivity contribution in [3.8, 4) is 23.0 Å². The molecule has 3 aromatic rings. The molecule has 0 fully saturated rings. The zero-order valence-corrected chi connectivity index (χ0v) is 15.2. The largest absolute Gasteiger partial charge is 0.494 e. The molecular formula is C20H20N2O5. The van der Waals surface area contributed by atoms with Crippen molar-refractivity contribution in [2.75, 3.05) is 6.61 Å². The van der Waals surface area contributed by atoms with E-state index in [1.54, 1.807) is 18.2 Å². The first-order valence-electron chi connectivity index (χ1n) is 8.88. The maximum Gasteiger partial charge on any atom is 0.273 e. The Bertz CT molecular complexity index is 945. The zero-order chi connectivity index (χ0) is 18.8. The van der Waals surface area contributed by atoms with Crippen LogP contribution in [0.5, 0.6) is 11.5 Å². The molecule has 0 radical (unpaired) electrons. The fraction of sp³-hybridized carbons (Fsp3) is 0.300. The highest BCUT2D eigenvalue weighted by Crippen LogP contribution is 2.35. The van der Waals surface area contributed by atoms with Crippen molar-refractivity contribution >= 4 is 5.91 Å². The second-order valence-electron chi connectivity index (χ2n) is 6.37. The van der Waals surface area contributed by atoms with Crippen molar-refractivity contribution in [3.05, 3.63) is 53.4 Å². The standard InChI is InChI=1S/C20H20N2O5/c1-3-24-17-8-13-7-12(2)26-18(13)9-14(17)11-21-20(23)15-10-19(27-22-15)16-5-4-6-25-16/h4-6,8-10,12H,3,7,11H2,1-2H3,(H,21,23)/t12-/m1/s1. The first kappa shape index (κ1) is 17.2. The van der Waals surface area contributed by atoms with Gasteiger partial charge in [0.1, 0.15) is 17.6 Å². The molecule has 4 rings (SSSR count). The molecule has 2 aromatic heterocycles. The van der Waals surface area contributed by atoms with E-state index in [1.807, 2.05) is 26.0 Å². The number of amides is 1. The van der Waals surface area contributed by atoms with Crippen LogP contribution >= 0.6 is 0 Å². The number of fused-ring (bicyclic) bond motifs is 1. The molecule has 1 amide bonds. The van der Waals surface area contributed by atoms with Gasteiger partial charge in [0.05, 0.1) is 12.9 Å². The molecular weight excluding hydrogens is 348 g/mol. The van der Waals surface area contributed by atoms with E-state index in [0.29, 0.717) is 24.7 Å². The highest BCUT2D eigenvalue weighted by molar-refractivity contribution is 5.92. The molecule has 1 aliphatic heterocycles. The number of rotatable bonds is 6. The number of ether oxygens (including phenoxy) is 2. The third-order valence-electron chi connectivity index (χ3n) is 4.33. The molecule has 0 aliphatic carbocycles. The van der Waals surface area contributed by atoms with Gasteiger partial charge in [0.2, 0.25) is 5.76 Å². The van der Waals surface area contributed by atoms with Gasteiger partial charge < -0.3 is 23.7 Å². The number of carbonyl (C=O) groups is 1. The first-order chi connectivity index (χ1) is 13.1. The number of hydrogen-bond acceptors (Lipinski definition) is 6. The second kappa shape index (κ2) is 7.19. The molecule has 3 heterocycles. The fourth-order valence-electron chi connectivity index (χ4n) is 3.09. The minimum absolute atomic E-state index is 0.148. The van der Waals surface area contributed by atoms with Crippen molar-refractivity contribution in [1.82, 2.24) is 10.5 Å². The molecule has 7 nitrogen and oxygen atoms in total. The predicted molar refractivity (Wildman–Crippen MR) is 96.8 cm³/mol. The lowest BCUT2D eigenvalue weighted by Crippen LogP contribution is -2.23. The van der Waals surface area contributed by atoms with Gasteiger partial charge in [-0.05, 0) is 38.1 Å². The summed E-state index contributed by atoms with van der Waals surface area (Å²) in [6.45, 7) is 4.80. The van der Waals surface area contributed by atoms with Crippen LogP contribution in [0.1, 0.15) is 35.5 Å². The van der Waals surface area contributed by atoms with Crippen LogP contribution in [0.25, 0.3) is 11.5 Å². The molecule has 7 heteroatoms. The third-order valence-corrected chi connectivity index (χ3v) is 4.33. The lowest BCUT2D eigenvalue weighted by atomic mass is 10.1. The lowest BCUT2D eigenvalue weighted by Gasteiger charge is -2.13. The summed E-state index contributed by atoms with van der Waals surface area (Å²) in [5, 5.41) is 6.66. The highest BCUT2D eigenvalue weighted by Gasteiger charge is 2.22. The smallest absolute Gasteiger partial charge is 0.273 e. The van der Waals surface area contributed by atoms with E-state index in [0.717, 1.165) is 29.0 Å². The fourth-order valence-corrected chi connectivity index (χ4v) is 3.09. The predicted octanol–water partition coefficient (Wildman–Crippen LogP) is 3.59. The van der Waals surface area contributed by atoms with Crippen LogP contribution in [0.4, 0.5) is 0 Å². The number of benzene rings is 1. The minimum atomic E-state index is -0.339. The van der Waals surface area contributed by atoms with E-state index < -0.39 is 0 Å². The third kappa shape index (κ3) is 3.53. The van der Waals surface area contributed by atoms with Crippen LogP contribution in [0, 0.1) is 0 Å². The van der Waals surface area contributed by atoms with E-state index in [4.69, 9.17) is 18.4 Å². The number of hydrogen-bond donors (Lipinski definition) is 1. The Hall–Kier alpha value is -3.22. The van der Waals surface area contributed by atoms with Gasteiger partial charge in [-0.15, -0.1) is 0 Å². The number of nitrogens with one attached hydrogen (secondary N) is 1. The molecule has 1 N–H and O–H groups in total. The van der Waals surface area contributed by atoms with Gasteiger partial charge in [-0.1, -0.05) is 5.16 Å². The molecule has 1 aromatic carbocycles. The summed E-state index contributed by atoms with van der Waals surface area (Å²) in [5.74, 6) is 2.18. The SMILES string of the molecule is CCOc1cc2c(cc1CNC(=O)c1cc(-c3ccco3)on1)O[C@H](C)C2. The molecule has 0 saturated heterocycles. The van der Waals surface area contributed by atoms with Crippen LogP contribution in [0.3, 0.4) is 0 Å². The van der Waals surface area contributed by atoms with Gasteiger partial charge in [-0.3, -0.25) is 4.79 Å². The van der Waals surface area contributed by atoms with Gasteiger partial charge in [-0.2, -0.15) is 0 Å². The Balaban J connectivity index is 1.48. The Morgan fingerprint density at radius 1 is 1.33 bits per heavy atom. The highest BCUT2D eigenvalue weighted by atomic mass is 16.5. The second-order valence-corrected chi connectivity index (χ2v) is 6.37. The van der Waals surface area contributed by atoms with E-state index >= 15 is 0 Å². The first-order valence-corrected chi connectivity index (χ1v) is 8.88. The lowest BCUT2D eigenvalue weighted by molar-refractivity contribution is 0.0941. The summed E-state index contributed by atoms with van der Waals surface area (Å²) in [5.41, 5.74) is 2.17. The molecule has 0 bridgehead atoms. The number of aromatic nitrogens is 1. The Labute approximate surface area is 156 Å². The summed E-state index contributed by atoms with van der Waals surface area (Å²) < 4.78 is 22.0. The molecule has 0 saturated carbocycles. The van der Waals surface area contributed by atoms with Crippen molar-refractivity contribution in [3.63, 3.8) is 0 Å². The summed E-state index contributed by atoms with van der Waals surface area (Å²) in [6, 6.07) is 8.95. The number of nitrogens with zero attached hydrogens (tertiary/aromatic N) is 1. The average Bonchev–Trinajstić information content (AvgIpc) is 3.38. The molecule has 0 unspecified atom stereocenters. The van der Waals surface area contributed by atoms with E-state index in [-0.39, 0.29) is 17.7 Å². The quantitative estimate of drug-likeness (QED) is 0.715. The normalized spacial score (nSPS) is 15.3. The van der Waals surface area contributed by atoms with Gasteiger partial charge >= 0.3 is 0 Å². The van der Waals surface area contributed by atoms with E-state index in [9.17, 15) is 4.79 Å². The zero-order valence-electron chi connectivity index (χ0n) is 15.2. The Morgan fingerprint density at radius 2 is 2.22 bits per heavy atom. The van der Waals surface area contributed by atoms with Crippen molar-refractivity contribution in [1.29, 1.82) is 0 Å². The van der Waals surface area contributed by atoms with Crippen molar-refractivity contribution < 1.29 is 23.2 Å². The Morgan fingerprint density at radius 3 is 3.00 bits per heavy atom. The topological polar surface area (TPSA) is 86.7 Å². The van der Waals surface area contributed by atoms with Crippen LogP contribution in [-0.2, 0) is 13.0 Å². The monoisotopic (exact) mass is 368 g/mol. The molecule has 0 spiro atoms. The maximum atomic E-state index is 12.4. The van der Waals surface area contributed by atoms with Gasteiger partial charge in [-0.25, -0.2) is 0 Å². The summed E-state index contributed by atoms with van der Waals surface area (Å²) in [7, 11) is 0. The summed E-state index contributed by atoms with van der Waals surface area (Å²) >= 11 is 0. The van der Waals surface area contributed by atoms with Crippen LogP contribution < -0.4 is 14.8 Å². The van der Waals surface area contributed by atoms with E-state index in [2.05, 4.69) is 10.5 Å². The molecule has 1 atom stereocenters. The number of carbonyl (C=O) groups excluding carboxylic acids is 1. The van der Waals surface area contributed by atoms with Gasteiger partial charge in [0.15, 0.2) is 11.5 Å². The van der Waals surface area contributed by atoms with Crippen LogP contribution in [0.2, 0.25) is 0 Å². The van der Waals surface area contributed by atoms with Gasteiger partial charge in [0, 0.05) is 30.2 Å². The van der Waals surface area contributed by atoms with Gasteiger partial charge in [0.25, 0.3) is 5.91 Å². The van der Waals surface area contributed by atoms with E-state index in [1.165, 1.54) is 6.26 Å². The molecule has 27 heavy (non-hydrogen) atoms. The Kier molecular flexibility index (Phi) is 4.58. The minimum Gasteiger partial charge on any atom is -0.494 e. The molecule has 140 valence electrons. The maximum absolute atomic E-state index is 12.4. The average molecular weight is 368 g/mol. The number of furan rings is 1. The molecule has 1 aliphatic rings. The van der Waals surface area contributed by atoms with Crippen LogP contribution in [-0.4, -0.2) is 23.8 Å². The summed E-state index contributed by atoms with van der Waals surface area (Å²) in [6.07, 6.45) is 2.54. The van der Waals surface area contributed by atoms with Crippen molar-refractivity contribution in [2.24, 2.45) is 0 Å². The van der Waals surface area contributed by atoms with Crippen LogP contribution in [0.15, 0.2) is 45.5 Å². The summed E-state index contributed by atoms with van der Waals surface area (Å²) in [4.78, 5) is 12.4.